The van der Waals surface area contributed by atoms with Gasteiger partial charge in [-0.15, -0.1) is 12.4 Å². The van der Waals surface area contributed by atoms with Gasteiger partial charge in [-0.3, -0.25) is 0 Å². The van der Waals surface area contributed by atoms with Gasteiger partial charge in [0.05, 0.1) is 5.56 Å². The molecule has 0 heterocycles. The molecule has 1 aromatic rings. The first-order valence-corrected chi connectivity index (χ1v) is 5.69. The number of halogens is 5. The summed E-state index contributed by atoms with van der Waals surface area (Å²) in [4.78, 5) is 0. The average molecular weight is 301 g/mol. The van der Waals surface area contributed by atoms with E-state index in [1.807, 2.05) is 0 Å². The fourth-order valence-corrected chi connectivity index (χ4v) is 1.72. The van der Waals surface area contributed by atoms with Crippen LogP contribution in [0.25, 0.3) is 0 Å². The summed E-state index contributed by atoms with van der Waals surface area (Å²) in [6, 6.07) is 2.44. The smallest absolute Gasteiger partial charge is 0.330 e. The lowest BCUT2D eigenvalue weighted by Gasteiger charge is -2.16. The van der Waals surface area contributed by atoms with Gasteiger partial charge in [-0.1, -0.05) is 18.6 Å². The summed E-state index contributed by atoms with van der Waals surface area (Å²) in [5.41, 5.74) is 9.64. The van der Waals surface area contributed by atoms with Crippen LogP contribution < -0.4 is 11.5 Å². The van der Waals surface area contributed by atoms with Crippen molar-refractivity contribution in [1.82, 2.24) is 0 Å². The summed E-state index contributed by atoms with van der Waals surface area (Å²) in [5.74, 6) is -1.27. The van der Waals surface area contributed by atoms with Crippen LogP contribution in [0.5, 0.6) is 0 Å². The number of nitrogens with two attached hydrogens (primary N) is 2. The zero-order chi connectivity index (χ0) is 13.8. The first-order chi connectivity index (χ1) is 8.38. The van der Waals surface area contributed by atoms with Crippen molar-refractivity contribution in [2.75, 3.05) is 6.54 Å². The number of hydrogen-bond donors (Lipinski definition) is 2. The van der Waals surface area contributed by atoms with Crippen LogP contribution in [0.15, 0.2) is 18.2 Å². The second-order valence-corrected chi connectivity index (χ2v) is 4.10. The van der Waals surface area contributed by atoms with Crippen LogP contribution in [0.2, 0.25) is 0 Å². The van der Waals surface area contributed by atoms with E-state index in [-0.39, 0.29) is 18.0 Å². The van der Waals surface area contributed by atoms with Gasteiger partial charge in [-0.05, 0) is 25.5 Å². The van der Waals surface area contributed by atoms with Crippen molar-refractivity contribution in [3.63, 3.8) is 0 Å². The Hall–Kier alpha value is -0.850. The highest BCUT2D eigenvalue weighted by atomic mass is 35.5. The molecule has 0 aromatic heterocycles. The lowest BCUT2D eigenvalue weighted by Crippen LogP contribution is -2.16. The van der Waals surface area contributed by atoms with Crippen LogP contribution in [0, 0.1) is 5.82 Å². The molecule has 1 atom stereocenters. The number of unbranched alkanes of at least 4 members (excludes halogenated alkanes) is 1. The maximum absolute atomic E-state index is 13.7. The lowest BCUT2D eigenvalue weighted by molar-refractivity contribution is -0.140. The van der Waals surface area contributed by atoms with E-state index in [0.717, 1.165) is 0 Å². The van der Waals surface area contributed by atoms with Gasteiger partial charge in [0.15, 0.2) is 0 Å². The second kappa shape index (κ2) is 7.67. The third-order valence-electron chi connectivity index (χ3n) is 2.70. The molecule has 1 aromatic carbocycles. The van der Waals surface area contributed by atoms with Crippen molar-refractivity contribution in [1.29, 1.82) is 0 Å². The number of hydrogen-bond acceptors (Lipinski definition) is 2. The highest BCUT2D eigenvalue weighted by Crippen LogP contribution is 2.34. The molecule has 110 valence electrons. The van der Waals surface area contributed by atoms with Crippen molar-refractivity contribution >= 4 is 12.4 Å². The molecule has 0 bridgehead atoms. The number of benzene rings is 1. The highest BCUT2D eigenvalue weighted by Gasteiger charge is 2.35. The molecule has 0 radical (unpaired) electrons. The maximum atomic E-state index is 13.7. The van der Waals surface area contributed by atoms with Crippen LogP contribution >= 0.6 is 12.4 Å². The van der Waals surface area contributed by atoms with E-state index in [4.69, 9.17) is 11.5 Å². The van der Waals surface area contributed by atoms with E-state index in [1.54, 1.807) is 0 Å². The van der Waals surface area contributed by atoms with Gasteiger partial charge in [-0.2, -0.15) is 13.2 Å². The van der Waals surface area contributed by atoms with E-state index in [1.165, 1.54) is 12.1 Å². The van der Waals surface area contributed by atoms with E-state index in [9.17, 15) is 17.6 Å². The zero-order valence-electron chi connectivity index (χ0n) is 10.2. The summed E-state index contributed by atoms with van der Waals surface area (Å²) in [7, 11) is 0. The molecule has 0 saturated carbocycles. The molecule has 1 rings (SSSR count). The predicted molar refractivity (Wildman–Crippen MR) is 68.5 cm³/mol. The third-order valence-corrected chi connectivity index (χ3v) is 2.70. The Morgan fingerprint density at radius 3 is 2.32 bits per heavy atom. The van der Waals surface area contributed by atoms with Crippen molar-refractivity contribution in [3.05, 3.63) is 35.1 Å². The Balaban J connectivity index is 0.00000324. The van der Waals surface area contributed by atoms with Gasteiger partial charge in [0.25, 0.3) is 0 Å². The summed E-state index contributed by atoms with van der Waals surface area (Å²) in [6.07, 6.45) is -2.91. The zero-order valence-corrected chi connectivity index (χ0v) is 11.0. The standard InChI is InChI=1S/C12H16F4N2.ClH/c13-11-8(10(18)6-1-2-7-17)4-3-5-9(11)12(14,15)16;/h3-5,10H,1-2,6-7,17-18H2;1H/t10-;/m1./s1. The van der Waals surface area contributed by atoms with Crippen LogP contribution in [0.4, 0.5) is 17.6 Å². The Morgan fingerprint density at radius 1 is 1.16 bits per heavy atom. The molecule has 0 aliphatic carbocycles. The Kier molecular flexibility index (Phi) is 7.33. The highest BCUT2D eigenvalue weighted by molar-refractivity contribution is 5.85. The minimum absolute atomic E-state index is 0. The molecule has 0 fully saturated rings. The van der Waals surface area contributed by atoms with Crippen LogP contribution in [0.1, 0.15) is 36.4 Å². The SMILES string of the molecule is Cl.NCCCC[C@@H](N)c1cccc(C(F)(F)F)c1F. The van der Waals surface area contributed by atoms with E-state index in [0.29, 0.717) is 31.9 Å². The van der Waals surface area contributed by atoms with E-state index in [2.05, 4.69) is 0 Å². The largest absolute Gasteiger partial charge is 0.419 e. The quantitative estimate of drug-likeness (QED) is 0.647. The van der Waals surface area contributed by atoms with Crippen molar-refractivity contribution < 1.29 is 17.6 Å². The van der Waals surface area contributed by atoms with Crippen molar-refractivity contribution in [3.8, 4) is 0 Å². The third kappa shape index (κ3) is 4.97. The Bertz CT molecular complexity index is 396. The van der Waals surface area contributed by atoms with Gasteiger partial charge >= 0.3 is 6.18 Å². The van der Waals surface area contributed by atoms with Gasteiger partial charge in [0, 0.05) is 11.6 Å². The molecule has 0 spiro atoms. The molecular weight excluding hydrogens is 284 g/mol. The molecule has 0 aliphatic heterocycles. The molecule has 4 N–H and O–H groups in total. The minimum Gasteiger partial charge on any atom is -0.330 e. The normalized spacial score (nSPS) is 12.9. The Labute approximate surface area is 115 Å². The predicted octanol–water partition coefficient (Wildman–Crippen LogP) is 3.40. The molecule has 2 nitrogen and oxygen atoms in total. The van der Waals surface area contributed by atoms with Crippen LogP contribution in [0.3, 0.4) is 0 Å². The summed E-state index contributed by atoms with van der Waals surface area (Å²) < 4.78 is 51.2. The molecule has 0 unspecified atom stereocenters. The van der Waals surface area contributed by atoms with Gasteiger partial charge in [0.1, 0.15) is 5.82 Å². The average Bonchev–Trinajstić information content (AvgIpc) is 2.28. The van der Waals surface area contributed by atoms with E-state index >= 15 is 0 Å². The van der Waals surface area contributed by atoms with Crippen molar-refractivity contribution in [2.24, 2.45) is 11.5 Å². The molecular formula is C12H17ClF4N2. The fraction of sp³-hybridized carbons (Fsp3) is 0.500. The second-order valence-electron chi connectivity index (χ2n) is 4.10. The van der Waals surface area contributed by atoms with Crippen molar-refractivity contribution in [2.45, 2.75) is 31.5 Å². The maximum Gasteiger partial charge on any atom is 0.419 e. The summed E-state index contributed by atoms with van der Waals surface area (Å²) in [5, 5.41) is 0. The van der Waals surface area contributed by atoms with Crippen LogP contribution in [-0.4, -0.2) is 6.54 Å². The topological polar surface area (TPSA) is 52.0 Å². The van der Waals surface area contributed by atoms with Gasteiger partial charge in [-0.25, -0.2) is 4.39 Å². The minimum atomic E-state index is -4.70. The van der Waals surface area contributed by atoms with Crippen LogP contribution in [-0.2, 0) is 6.18 Å². The first kappa shape index (κ1) is 18.1. The number of alkyl halides is 3. The summed E-state index contributed by atoms with van der Waals surface area (Å²) >= 11 is 0. The van der Waals surface area contributed by atoms with Gasteiger partial charge in [0.2, 0.25) is 0 Å². The lowest BCUT2D eigenvalue weighted by atomic mass is 9.99. The molecule has 7 heteroatoms. The Morgan fingerprint density at radius 2 is 1.79 bits per heavy atom. The van der Waals surface area contributed by atoms with E-state index < -0.39 is 23.6 Å². The number of rotatable bonds is 5. The first-order valence-electron chi connectivity index (χ1n) is 5.69. The van der Waals surface area contributed by atoms with Gasteiger partial charge < -0.3 is 11.5 Å². The monoisotopic (exact) mass is 300 g/mol. The molecule has 0 saturated heterocycles. The summed E-state index contributed by atoms with van der Waals surface area (Å²) in [6.45, 7) is 0.484. The molecule has 19 heavy (non-hydrogen) atoms. The molecule has 0 aliphatic rings. The molecule has 0 amide bonds. The fourth-order valence-electron chi connectivity index (χ4n) is 1.72.